The lowest BCUT2D eigenvalue weighted by molar-refractivity contribution is 0.607. The summed E-state index contributed by atoms with van der Waals surface area (Å²) >= 11 is 5.89. The molecule has 100 valence electrons. The van der Waals surface area contributed by atoms with Crippen LogP contribution in [0.4, 0.5) is 17.1 Å². The molecule has 0 bridgehead atoms. The topological polar surface area (TPSA) is 58.2 Å². The molecular weight excluding hydrogens is 284 g/mol. The Labute approximate surface area is 117 Å². The van der Waals surface area contributed by atoms with Gasteiger partial charge in [-0.2, -0.15) is 0 Å². The molecule has 4 nitrogen and oxygen atoms in total. The molecule has 0 aromatic heterocycles. The molecule has 0 fully saturated rings. The smallest absolute Gasteiger partial charge is 0.229 e. The summed E-state index contributed by atoms with van der Waals surface area (Å²) in [6, 6.07) is 14.3. The largest absolute Gasteiger partial charge is 0.355 e. The van der Waals surface area contributed by atoms with Gasteiger partial charge >= 0.3 is 0 Å². The molecule has 0 radical (unpaired) electrons. The predicted octanol–water partition coefficient (Wildman–Crippen LogP) is 3.46. The highest BCUT2D eigenvalue weighted by atomic mass is 35.5. The van der Waals surface area contributed by atoms with Crippen molar-refractivity contribution in [3.05, 3.63) is 53.6 Å². The maximum Gasteiger partial charge on any atom is 0.229 e. The summed E-state index contributed by atoms with van der Waals surface area (Å²) in [6.45, 7) is 0. The monoisotopic (exact) mass is 296 g/mol. The number of halogens is 1. The Morgan fingerprint density at radius 2 is 1.58 bits per heavy atom. The van der Waals surface area contributed by atoms with Crippen molar-refractivity contribution in [1.82, 2.24) is 0 Å². The van der Waals surface area contributed by atoms with Crippen LogP contribution in [0.15, 0.2) is 48.5 Å². The summed E-state index contributed by atoms with van der Waals surface area (Å²) in [5, 5.41) is 3.83. The van der Waals surface area contributed by atoms with Crippen molar-refractivity contribution < 1.29 is 8.42 Å². The van der Waals surface area contributed by atoms with Gasteiger partial charge in [-0.25, -0.2) is 8.42 Å². The minimum absolute atomic E-state index is 0.527. The van der Waals surface area contributed by atoms with Gasteiger partial charge in [-0.15, -0.1) is 0 Å². The average Bonchev–Trinajstić information content (AvgIpc) is 2.30. The zero-order chi connectivity index (χ0) is 13.9. The van der Waals surface area contributed by atoms with Crippen LogP contribution in [-0.4, -0.2) is 14.7 Å². The molecule has 2 N–H and O–H groups in total. The summed E-state index contributed by atoms with van der Waals surface area (Å²) in [6.07, 6.45) is 1.12. The van der Waals surface area contributed by atoms with Gasteiger partial charge < -0.3 is 5.32 Å². The van der Waals surface area contributed by atoms with E-state index in [1.54, 1.807) is 30.3 Å². The Hall–Kier alpha value is -1.72. The van der Waals surface area contributed by atoms with Crippen molar-refractivity contribution in [2.75, 3.05) is 16.3 Å². The Balaban J connectivity index is 2.11. The second kappa shape index (κ2) is 5.50. The first kappa shape index (κ1) is 13.7. The highest BCUT2D eigenvalue weighted by Gasteiger charge is 2.01. The van der Waals surface area contributed by atoms with Crippen molar-refractivity contribution in [2.24, 2.45) is 0 Å². The number of hydrogen-bond acceptors (Lipinski definition) is 3. The Morgan fingerprint density at radius 1 is 0.947 bits per heavy atom. The quantitative estimate of drug-likeness (QED) is 0.908. The van der Waals surface area contributed by atoms with E-state index in [4.69, 9.17) is 11.6 Å². The van der Waals surface area contributed by atoms with Gasteiger partial charge in [-0.3, -0.25) is 4.72 Å². The lowest BCUT2D eigenvalue weighted by atomic mass is 10.2. The number of hydrogen-bond donors (Lipinski definition) is 2. The number of nitrogens with one attached hydrogen (secondary N) is 2. The summed E-state index contributed by atoms with van der Waals surface area (Å²) in [5.41, 5.74) is 2.25. The fourth-order valence-corrected chi connectivity index (χ4v) is 2.32. The van der Waals surface area contributed by atoms with E-state index in [2.05, 4.69) is 10.0 Å². The van der Waals surface area contributed by atoms with Crippen LogP contribution in [0.5, 0.6) is 0 Å². The van der Waals surface area contributed by atoms with Crippen molar-refractivity contribution in [1.29, 1.82) is 0 Å². The highest BCUT2D eigenvalue weighted by Crippen LogP contribution is 2.21. The van der Waals surface area contributed by atoms with Gasteiger partial charge in [0.25, 0.3) is 0 Å². The van der Waals surface area contributed by atoms with Gasteiger partial charge in [0.2, 0.25) is 10.0 Å². The summed E-state index contributed by atoms with van der Waals surface area (Å²) in [4.78, 5) is 0. The normalized spacial score (nSPS) is 11.1. The van der Waals surface area contributed by atoms with Crippen molar-refractivity contribution in [2.45, 2.75) is 0 Å². The second-order valence-electron chi connectivity index (χ2n) is 4.09. The fourth-order valence-electron chi connectivity index (χ4n) is 1.57. The third-order valence-corrected chi connectivity index (χ3v) is 3.14. The molecule has 0 atom stereocenters. The van der Waals surface area contributed by atoms with E-state index < -0.39 is 10.0 Å². The summed E-state index contributed by atoms with van der Waals surface area (Å²) < 4.78 is 24.6. The van der Waals surface area contributed by atoms with Crippen LogP contribution < -0.4 is 10.0 Å². The predicted molar refractivity (Wildman–Crippen MR) is 79.6 cm³/mol. The van der Waals surface area contributed by atoms with Crippen LogP contribution >= 0.6 is 11.6 Å². The van der Waals surface area contributed by atoms with Crippen LogP contribution in [-0.2, 0) is 10.0 Å². The third kappa shape index (κ3) is 4.46. The average molecular weight is 297 g/mol. The number of benzene rings is 2. The second-order valence-corrected chi connectivity index (χ2v) is 6.27. The van der Waals surface area contributed by atoms with Gasteiger partial charge in [-0.1, -0.05) is 17.7 Å². The number of sulfonamides is 1. The Bertz CT molecular complexity index is 669. The molecule has 6 heteroatoms. The molecule has 0 unspecified atom stereocenters. The van der Waals surface area contributed by atoms with Crippen LogP contribution in [0, 0.1) is 0 Å². The van der Waals surface area contributed by atoms with Crippen molar-refractivity contribution >= 4 is 38.7 Å². The van der Waals surface area contributed by atoms with Gasteiger partial charge in [0, 0.05) is 22.1 Å². The molecule has 0 aliphatic rings. The fraction of sp³-hybridized carbons (Fsp3) is 0.0769. The first-order valence-corrected chi connectivity index (χ1v) is 7.80. The molecular formula is C13H13ClN2O2S. The molecule has 0 spiro atoms. The molecule has 0 saturated heterocycles. The zero-order valence-electron chi connectivity index (χ0n) is 10.2. The number of anilines is 3. The molecule has 2 aromatic carbocycles. The van der Waals surface area contributed by atoms with E-state index in [1.165, 1.54) is 0 Å². The van der Waals surface area contributed by atoms with E-state index >= 15 is 0 Å². The molecule has 0 heterocycles. The van der Waals surface area contributed by atoms with Gasteiger partial charge in [-0.05, 0) is 42.5 Å². The van der Waals surface area contributed by atoms with Gasteiger partial charge in [0.05, 0.1) is 6.26 Å². The van der Waals surface area contributed by atoms with E-state index in [9.17, 15) is 8.42 Å². The Morgan fingerprint density at radius 3 is 2.16 bits per heavy atom. The van der Waals surface area contributed by atoms with E-state index in [-0.39, 0.29) is 0 Å². The molecule has 2 aromatic rings. The van der Waals surface area contributed by atoms with Gasteiger partial charge in [0.15, 0.2) is 0 Å². The highest BCUT2D eigenvalue weighted by molar-refractivity contribution is 7.92. The van der Waals surface area contributed by atoms with E-state index in [0.29, 0.717) is 10.7 Å². The molecule has 0 aliphatic carbocycles. The third-order valence-electron chi connectivity index (χ3n) is 2.30. The van der Waals surface area contributed by atoms with Crippen LogP contribution in [0.2, 0.25) is 5.02 Å². The maximum atomic E-state index is 11.1. The lowest BCUT2D eigenvalue weighted by Crippen LogP contribution is -2.09. The van der Waals surface area contributed by atoms with Crippen molar-refractivity contribution in [3.63, 3.8) is 0 Å². The first-order valence-electron chi connectivity index (χ1n) is 5.53. The molecule has 0 aliphatic heterocycles. The van der Waals surface area contributed by atoms with Gasteiger partial charge in [0.1, 0.15) is 0 Å². The van der Waals surface area contributed by atoms with Crippen LogP contribution in [0.25, 0.3) is 0 Å². The van der Waals surface area contributed by atoms with E-state index in [0.717, 1.165) is 17.6 Å². The first-order chi connectivity index (χ1) is 8.92. The van der Waals surface area contributed by atoms with E-state index in [1.807, 2.05) is 18.2 Å². The minimum atomic E-state index is -3.24. The molecule has 19 heavy (non-hydrogen) atoms. The van der Waals surface area contributed by atoms with Crippen LogP contribution in [0.3, 0.4) is 0 Å². The number of rotatable bonds is 4. The zero-order valence-corrected chi connectivity index (χ0v) is 11.8. The lowest BCUT2D eigenvalue weighted by Gasteiger charge is -2.08. The van der Waals surface area contributed by atoms with Crippen LogP contribution in [0.1, 0.15) is 0 Å². The minimum Gasteiger partial charge on any atom is -0.355 e. The molecule has 2 rings (SSSR count). The SMILES string of the molecule is CS(=O)(=O)Nc1ccc(Nc2cccc(Cl)c2)cc1. The summed E-state index contributed by atoms with van der Waals surface area (Å²) in [5.74, 6) is 0. The maximum absolute atomic E-state index is 11.1. The summed E-state index contributed by atoms with van der Waals surface area (Å²) in [7, 11) is -3.24. The standard InChI is InChI=1S/C13H13ClN2O2S/c1-19(17,18)16-12-7-5-11(6-8-12)15-13-4-2-3-10(14)9-13/h2-9,15-16H,1H3. The van der Waals surface area contributed by atoms with Crippen molar-refractivity contribution in [3.8, 4) is 0 Å². The Kier molecular flexibility index (Phi) is 3.97. The molecule has 0 saturated carbocycles. The molecule has 0 amide bonds.